The monoisotopic (exact) mass is 232 g/mol. The first-order valence-electron chi connectivity index (χ1n) is 6.30. The molecule has 1 fully saturated rings. The van der Waals surface area contributed by atoms with E-state index in [9.17, 15) is 5.26 Å². The number of aromatic nitrogens is 2. The molecule has 92 valence electrons. The van der Waals surface area contributed by atoms with Gasteiger partial charge in [-0.25, -0.2) is 0 Å². The molecule has 17 heavy (non-hydrogen) atoms. The summed E-state index contributed by atoms with van der Waals surface area (Å²) in [6, 6.07) is 4.50. The molecule has 1 aliphatic rings. The summed E-state index contributed by atoms with van der Waals surface area (Å²) < 4.78 is 1.98. The maximum absolute atomic E-state index is 9.35. The van der Waals surface area contributed by atoms with Gasteiger partial charge in [0.15, 0.2) is 0 Å². The highest BCUT2D eigenvalue weighted by atomic mass is 15.3. The predicted molar refractivity (Wildman–Crippen MR) is 66.3 cm³/mol. The Balaban J connectivity index is 1.97. The van der Waals surface area contributed by atoms with E-state index < -0.39 is 0 Å². The summed E-state index contributed by atoms with van der Waals surface area (Å²) in [5.41, 5.74) is 0.749. The smallest absolute Gasteiger partial charge is 0.109 e. The highest BCUT2D eigenvalue weighted by molar-refractivity contribution is 5.13. The lowest BCUT2D eigenvalue weighted by molar-refractivity contribution is 0.303. The van der Waals surface area contributed by atoms with E-state index in [-0.39, 0.29) is 5.54 Å². The van der Waals surface area contributed by atoms with Crippen LogP contribution in [0.3, 0.4) is 0 Å². The molecule has 0 spiro atoms. The summed E-state index contributed by atoms with van der Waals surface area (Å²) in [6.45, 7) is 2.91. The SMILES string of the molecule is CNC1(C#N)CCCC1CCn1ccc(C)n1. The molecule has 0 radical (unpaired) electrons. The Morgan fingerprint density at radius 2 is 2.53 bits per heavy atom. The van der Waals surface area contributed by atoms with Crippen LogP contribution in [0.15, 0.2) is 12.3 Å². The van der Waals surface area contributed by atoms with E-state index in [0.29, 0.717) is 5.92 Å². The van der Waals surface area contributed by atoms with Gasteiger partial charge < -0.3 is 5.32 Å². The van der Waals surface area contributed by atoms with Crippen LogP contribution in [0.4, 0.5) is 0 Å². The van der Waals surface area contributed by atoms with Crippen LogP contribution in [-0.4, -0.2) is 22.4 Å². The van der Waals surface area contributed by atoms with Gasteiger partial charge in [-0.3, -0.25) is 4.68 Å². The van der Waals surface area contributed by atoms with E-state index in [2.05, 4.69) is 16.5 Å². The van der Waals surface area contributed by atoms with Crippen LogP contribution in [0.2, 0.25) is 0 Å². The normalized spacial score (nSPS) is 28.2. The summed E-state index contributed by atoms with van der Waals surface area (Å²) in [6.07, 6.45) is 6.31. The zero-order valence-corrected chi connectivity index (χ0v) is 10.6. The van der Waals surface area contributed by atoms with Crippen molar-refractivity contribution in [2.45, 2.75) is 44.7 Å². The van der Waals surface area contributed by atoms with Crippen molar-refractivity contribution in [1.29, 1.82) is 5.26 Å². The molecule has 1 N–H and O–H groups in total. The standard InChI is InChI=1S/C13H20N4/c1-11-5-8-17(16-11)9-6-12-4-3-7-13(12,10-14)15-2/h5,8,12,15H,3-4,6-7,9H2,1-2H3. The summed E-state index contributed by atoms with van der Waals surface area (Å²) >= 11 is 0. The second-order valence-electron chi connectivity index (χ2n) is 4.93. The summed E-state index contributed by atoms with van der Waals surface area (Å²) in [4.78, 5) is 0. The van der Waals surface area contributed by atoms with Gasteiger partial charge in [0.25, 0.3) is 0 Å². The van der Waals surface area contributed by atoms with E-state index in [1.54, 1.807) is 0 Å². The van der Waals surface area contributed by atoms with Gasteiger partial charge >= 0.3 is 0 Å². The fraction of sp³-hybridized carbons (Fsp3) is 0.692. The van der Waals surface area contributed by atoms with Crippen molar-refractivity contribution in [3.05, 3.63) is 18.0 Å². The zero-order valence-electron chi connectivity index (χ0n) is 10.6. The highest BCUT2D eigenvalue weighted by Gasteiger charge is 2.41. The summed E-state index contributed by atoms with van der Waals surface area (Å²) in [5.74, 6) is 0.446. The largest absolute Gasteiger partial charge is 0.302 e. The Labute approximate surface area is 103 Å². The second kappa shape index (κ2) is 4.89. The van der Waals surface area contributed by atoms with Gasteiger partial charge in [-0.15, -0.1) is 0 Å². The van der Waals surface area contributed by atoms with Crippen molar-refractivity contribution in [3.63, 3.8) is 0 Å². The number of nitrogens with one attached hydrogen (secondary N) is 1. The third kappa shape index (κ3) is 2.34. The minimum Gasteiger partial charge on any atom is -0.302 e. The molecule has 4 heteroatoms. The van der Waals surface area contributed by atoms with Crippen molar-refractivity contribution < 1.29 is 0 Å². The predicted octanol–water partition coefficient (Wildman–Crippen LogP) is 1.86. The van der Waals surface area contributed by atoms with E-state index in [4.69, 9.17) is 0 Å². The van der Waals surface area contributed by atoms with Crippen LogP contribution in [0, 0.1) is 24.2 Å². The number of hydrogen-bond donors (Lipinski definition) is 1. The first kappa shape index (κ1) is 12.1. The molecule has 1 aliphatic carbocycles. The minimum absolute atomic E-state index is 0.303. The van der Waals surface area contributed by atoms with Gasteiger partial charge in [0.2, 0.25) is 0 Å². The van der Waals surface area contributed by atoms with Crippen LogP contribution >= 0.6 is 0 Å². The quantitative estimate of drug-likeness (QED) is 0.862. The number of hydrogen-bond acceptors (Lipinski definition) is 3. The number of aryl methyl sites for hydroxylation is 2. The van der Waals surface area contributed by atoms with E-state index in [1.807, 2.05) is 30.9 Å². The maximum Gasteiger partial charge on any atom is 0.109 e. The fourth-order valence-corrected chi connectivity index (χ4v) is 2.88. The molecule has 0 aliphatic heterocycles. The lowest BCUT2D eigenvalue weighted by Gasteiger charge is -2.28. The van der Waals surface area contributed by atoms with Gasteiger partial charge in [0.1, 0.15) is 5.54 Å². The molecule has 1 heterocycles. The first-order valence-corrected chi connectivity index (χ1v) is 6.30. The summed E-state index contributed by atoms with van der Waals surface area (Å²) in [7, 11) is 1.90. The first-order chi connectivity index (χ1) is 8.20. The topological polar surface area (TPSA) is 53.6 Å². The van der Waals surface area contributed by atoms with Gasteiger partial charge in [0, 0.05) is 12.7 Å². The zero-order chi connectivity index (χ0) is 12.3. The van der Waals surface area contributed by atoms with Gasteiger partial charge in [-0.05, 0) is 45.2 Å². The second-order valence-corrected chi connectivity index (χ2v) is 4.93. The molecular weight excluding hydrogens is 212 g/mol. The van der Waals surface area contributed by atoms with Crippen LogP contribution in [0.1, 0.15) is 31.4 Å². The van der Waals surface area contributed by atoms with Crippen LogP contribution in [0.25, 0.3) is 0 Å². The van der Waals surface area contributed by atoms with Crippen LogP contribution in [-0.2, 0) is 6.54 Å². The lowest BCUT2D eigenvalue weighted by Crippen LogP contribution is -2.45. The summed E-state index contributed by atoms with van der Waals surface area (Å²) in [5, 5.41) is 17.0. The van der Waals surface area contributed by atoms with Gasteiger partial charge in [-0.2, -0.15) is 10.4 Å². The van der Waals surface area contributed by atoms with Crippen molar-refractivity contribution in [2.75, 3.05) is 7.05 Å². The molecule has 2 atom stereocenters. The fourth-order valence-electron chi connectivity index (χ4n) is 2.88. The Morgan fingerprint density at radius 3 is 3.12 bits per heavy atom. The molecular formula is C13H20N4. The van der Waals surface area contributed by atoms with E-state index >= 15 is 0 Å². The van der Waals surface area contributed by atoms with Gasteiger partial charge in [0.05, 0.1) is 11.8 Å². The molecule has 0 bridgehead atoms. The number of nitriles is 1. The Hall–Kier alpha value is -1.34. The molecule has 1 aromatic rings. The highest BCUT2D eigenvalue weighted by Crippen LogP contribution is 2.37. The van der Waals surface area contributed by atoms with Gasteiger partial charge in [-0.1, -0.05) is 6.42 Å². The Morgan fingerprint density at radius 1 is 1.71 bits per heavy atom. The average molecular weight is 232 g/mol. The van der Waals surface area contributed by atoms with E-state index in [1.165, 1.54) is 0 Å². The van der Waals surface area contributed by atoms with Crippen molar-refractivity contribution >= 4 is 0 Å². The third-order valence-electron chi connectivity index (χ3n) is 3.95. The molecule has 0 amide bonds. The number of nitrogens with zero attached hydrogens (tertiary/aromatic N) is 3. The van der Waals surface area contributed by atoms with Crippen molar-refractivity contribution in [2.24, 2.45) is 5.92 Å². The third-order valence-corrected chi connectivity index (χ3v) is 3.95. The molecule has 0 saturated heterocycles. The average Bonchev–Trinajstić information content (AvgIpc) is 2.93. The molecule has 4 nitrogen and oxygen atoms in total. The molecule has 2 unspecified atom stereocenters. The Kier molecular flexibility index (Phi) is 3.49. The van der Waals surface area contributed by atoms with Crippen LogP contribution < -0.4 is 5.32 Å². The number of rotatable bonds is 4. The lowest BCUT2D eigenvalue weighted by atomic mass is 9.86. The van der Waals surface area contributed by atoms with Crippen molar-refractivity contribution in [1.82, 2.24) is 15.1 Å². The van der Waals surface area contributed by atoms with Crippen LogP contribution in [0.5, 0.6) is 0 Å². The minimum atomic E-state index is -0.303. The molecule has 0 aromatic carbocycles. The molecule has 1 saturated carbocycles. The Bertz CT molecular complexity index is 417. The maximum atomic E-state index is 9.35. The molecule has 1 aromatic heterocycles. The molecule has 2 rings (SSSR count). The van der Waals surface area contributed by atoms with E-state index in [0.717, 1.165) is 37.9 Å². The van der Waals surface area contributed by atoms with Crippen molar-refractivity contribution in [3.8, 4) is 6.07 Å².